The molecule has 86 valence electrons. The zero-order chi connectivity index (χ0) is 12.3. The number of rotatable bonds is 2. The number of amides is 1. The topological polar surface area (TPSA) is 80.9 Å². The lowest BCUT2D eigenvalue weighted by Crippen LogP contribution is -2.14. The van der Waals surface area contributed by atoms with E-state index in [4.69, 9.17) is 5.73 Å². The highest BCUT2D eigenvalue weighted by Crippen LogP contribution is 2.13. The Labute approximate surface area is 96.5 Å². The Morgan fingerprint density at radius 2 is 2.00 bits per heavy atom. The quantitative estimate of drug-likeness (QED) is 0.768. The zero-order valence-electron chi connectivity index (χ0n) is 8.72. The van der Waals surface area contributed by atoms with E-state index in [9.17, 15) is 9.18 Å². The second kappa shape index (κ2) is 4.56. The third-order valence-electron chi connectivity index (χ3n) is 2.05. The van der Waals surface area contributed by atoms with Crippen LogP contribution in [0.15, 0.2) is 36.7 Å². The van der Waals surface area contributed by atoms with Crippen molar-refractivity contribution in [2.75, 3.05) is 11.1 Å². The summed E-state index contributed by atoms with van der Waals surface area (Å²) in [6.45, 7) is 0. The first-order valence-corrected chi connectivity index (χ1v) is 4.80. The summed E-state index contributed by atoms with van der Waals surface area (Å²) in [4.78, 5) is 19.4. The van der Waals surface area contributed by atoms with E-state index in [0.717, 1.165) is 6.07 Å². The van der Waals surface area contributed by atoms with E-state index in [1.807, 2.05) is 0 Å². The van der Waals surface area contributed by atoms with Crippen LogP contribution in [0.1, 0.15) is 10.4 Å². The van der Waals surface area contributed by atoms with E-state index in [2.05, 4.69) is 15.3 Å². The van der Waals surface area contributed by atoms with Crippen LogP contribution < -0.4 is 11.1 Å². The van der Waals surface area contributed by atoms with Gasteiger partial charge in [-0.05, 0) is 24.3 Å². The second-order valence-electron chi connectivity index (χ2n) is 3.26. The maximum absolute atomic E-state index is 12.9. The van der Waals surface area contributed by atoms with E-state index in [1.54, 1.807) is 6.07 Å². The highest BCUT2D eigenvalue weighted by molar-refractivity contribution is 6.03. The molecule has 0 aliphatic rings. The summed E-state index contributed by atoms with van der Waals surface area (Å²) in [6.07, 6.45) is 3.00. The number of anilines is 2. The van der Waals surface area contributed by atoms with Gasteiger partial charge in [0.1, 0.15) is 5.82 Å². The van der Waals surface area contributed by atoms with Gasteiger partial charge in [-0.15, -0.1) is 0 Å². The number of carbonyl (C=O) groups is 1. The van der Waals surface area contributed by atoms with Crippen molar-refractivity contribution >= 4 is 17.5 Å². The lowest BCUT2D eigenvalue weighted by atomic mass is 10.2. The Morgan fingerprint density at radius 1 is 1.29 bits per heavy atom. The maximum Gasteiger partial charge on any atom is 0.258 e. The molecule has 6 heteroatoms. The molecule has 0 unspecified atom stereocenters. The van der Waals surface area contributed by atoms with Crippen LogP contribution in [0.4, 0.5) is 16.0 Å². The molecule has 0 aliphatic heterocycles. The molecule has 0 saturated carbocycles. The molecule has 3 N–H and O–H groups in total. The summed E-state index contributed by atoms with van der Waals surface area (Å²) < 4.78 is 12.9. The second-order valence-corrected chi connectivity index (χ2v) is 3.26. The zero-order valence-corrected chi connectivity index (χ0v) is 8.72. The lowest BCUT2D eigenvalue weighted by molar-refractivity contribution is 0.102. The first kappa shape index (κ1) is 11.0. The van der Waals surface area contributed by atoms with Crippen LogP contribution in [0.3, 0.4) is 0 Å². The van der Waals surface area contributed by atoms with Gasteiger partial charge >= 0.3 is 0 Å². The van der Waals surface area contributed by atoms with E-state index < -0.39 is 11.7 Å². The van der Waals surface area contributed by atoms with Gasteiger partial charge in [0.25, 0.3) is 5.91 Å². The highest BCUT2D eigenvalue weighted by atomic mass is 19.1. The van der Waals surface area contributed by atoms with Crippen molar-refractivity contribution in [1.29, 1.82) is 0 Å². The fourth-order valence-electron chi connectivity index (χ4n) is 1.22. The summed E-state index contributed by atoms with van der Waals surface area (Å²) in [7, 11) is 0. The molecule has 1 aromatic heterocycles. The number of benzene rings is 1. The Bertz CT molecular complexity index is 544. The van der Waals surface area contributed by atoms with Gasteiger partial charge in [0.15, 0.2) is 0 Å². The van der Waals surface area contributed by atoms with E-state index in [-0.39, 0.29) is 17.2 Å². The molecule has 0 radical (unpaired) electrons. The monoisotopic (exact) mass is 232 g/mol. The molecule has 0 spiro atoms. The Kier molecular flexibility index (Phi) is 2.95. The smallest absolute Gasteiger partial charge is 0.258 e. The molecule has 5 nitrogen and oxygen atoms in total. The normalized spacial score (nSPS) is 9.94. The fraction of sp³-hybridized carbons (Fsp3) is 0. The van der Waals surface area contributed by atoms with E-state index >= 15 is 0 Å². The lowest BCUT2D eigenvalue weighted by Gasteiger charge is -2.04. The molecule has 2 aromatic rings. The van der Waals surface area contributed by atoms with Gasteiger partial charge in [-0.1, -0.05) is 0 Å². The van der Waals surface area contributed by atoms with Crippen LogP contribution >= 0.6 is 0 Å². The predicted molar refractivity (Wildman–Crippen MR) is 60.8 cm³/mol. The molecular weight excluding hydrogens is 223 g/mol. The van der Waals surface area contributed by atoms with Crippen molar-refractivity contribution in [1.82, 2.24) is 9.97 Å². The van der Waals surface area contributed by atoms with Gasteiger partial charge in [-0.3, -0.25) is 10.1 Å². The highest BCUT2D eigenvalue weighted by Gasteiger charge is 2.09. The predicted octanol–water partition coefficient (Wildman–Crippen LogP) is 1.45. The number of nitrogens with zero attached hydrogens (tertiary/aromatic N) is 2. The molecule has 1 amide bonds. The molecule has 0 saturated heterocycles. The number of nitrogens with one attached hydrogen (secondary N) is 1. The van der Waals surface area contributed by atoms with Crippen LogP contribution in [0.5, 0.6) is 0 Å². The number of carbonyl (C=O) groups excluding carboxylic acids is 1. The van der Waals surface area contributed by atoms with Gasteiger partial charge in [0.05, 0.1) is 5.69 Å². The van der Waals surface area contributed by atoms with Crippen LogP contribution in [-0.2, 0) is 0 Å². The summed E-state index contributed by atoms with van der Waals surface area (Å²) in [6, 6.07) is 5.36. The number of halogens is 1. The number of hydrogen-bond donors (Lipinski definition) is 2. The van der Waals surface area contributed by atoms with Crippen molar-refractivity contribution in [3.8, 4) is 0 Å². The first-order valence-electron chi connectivity index (χ1n) is 4.80. The average molecular weight is 232 g/mol. The molecule has 0 bridgehead atoms. The Morgan fingerprint density at radius 3 is 2.65 bits per heavy atom. The van der Waals surface area contributed by atoms with Gasteiger partial charge < -0.3 is 5.73 Å². The van der Waals surface area contributed by atoms with Crippen molar-refractivity contribution in [2.45, 2.75) is 0 Å². The minimum absolute atomic E-state index is 0.0772. The first-order chi connectivity index (χ1) is 8.16. The average Bonchev–Trinajstić information content (AvgIpc) is 2.34. The molecule has 17 heavy (non-hydrogen) atoms. The van der Waals surface area contributed by atoms with Crippen molar-refractivity contribution in [3.63, 3.8) is 0 Å². The van der Waals surface area contributed by atoms with Crippen LogP contribution in [-0.4, -0.2) is 15.9 Å². The number of nitrogen functional groups attached to an aromatic ring is 1. The van der Waals surface area contributed by atoms with Crippen LogP contribution in [0.2, 0.25) is 0 Å². The minimum atomic E-state index is -0.558. The summed E-state index contributed by atoms with van der Waals surface area (Å²) >= 11 is 0. The Balaban J connectivity index is 2.18. The third-order valence-corrected chi connectivity index (χ3v) is 2.05. The van der Waals surface area contributed by atoms with Gasteiger partial charge in [0, 0.05) is 18.0 Å². The molecule has 1 aromatic carbocycles. The maximum atomic E-state index is 12.9. The van der Waals surface area contributed by atoms with Crippen molar-refractivity contribution < 1.29 is 9.18 Å². The number of nitrogens with two attached hydrogens (primary N) is 1. The Hall–Kier alpha value is -2.50. The van der Waals surface area contributed by atoms with E-state index in [1.165, 1.54) is 24.5 Å². The van der Waals surface area contributed by atoms with Gasteiger partial charge in [-0.2, -0.15) is 0 Å². The standard InChI is InChI=1S/C11H9FN4O/c12-8-3-2-7(6-9(8)13)10(17)16-11-14-4-1-5-15-11/h1-6H,13H2,(H,14,15,16,17). The number of hydrogen-bond acceptors (Lipinski definition) is 4. The van der Waals surface area contributed by atoms with Gasteiger partial charge in [0.2, 0.25) is 5.95 Å². The van der Waals surface area contributed by atoms with E-state index in [0.29, 0.717) is 0 Å². The number of aromatic nitrogens is 2. The molecule has 1 heterocycles. The molecule has 2 rings (SSSR count). The van der Waals surface area contributed by atoms with Gasteiger partial charge in [-0.25, -0.2) is 14.4 Å². The minimum Gasteiger partial charge on any atom is -0.396 e. The SMILES string of the molecule is Nc1cc(C(=O)Nc2ncccn2)ccc1F. The molecule has 0 atom stereocenters. The van der Waals surface area contributed by atoms with Crippen LogP contribution in [0.25, 0.3) is 0 Å². The van der Waals surface area contributed by atoms with Crippen molar-refractivity contribution in [2.24, 2.45) is 0 Å². The molecule has 0 aliphatic carbocycles. The largest absolute Gasteiger partial charge is 0.396 e. The summed E-state index contributed by atoms with van der Waals surface area (Å²) in [5.74, 6) is -0.819. The fourth-order valence-corrected chi connectivity index (χ4v) is 1.22. The molecular formula is C11H9FN4O. The third kappa shape index (κ3) is 2.54. The van der Waals surface area contributed by atoms with Crippen LogP contribution in [0, 0.1) is 5.82 Å². The summed E-state index contributed by atoms with van der Waals surface area (Å²) in [5, 5.41) is 2.47. The summed E-state index contributed by atoms with van der Waals surface area (Å²) in [5.41, 5.74) is 5.53. The van der Waals surface area contributed by atoms with Crippen molar-refractivity contribution in [3.05, 3.63) is 48.0 Å². The molecule has 0 fully saturated rings.